The third-order valence-corrected chi connectivity index (χ3v) is 3.02. The Hall–Kier alpha value is -2.50. The second-order valence-corrected chi connectivity index (χ2v) is 4.28. The number of aryl methyl sites for hydroxylation is 1. The van der Waals surface area contributed by atoms with Gasteiger partial charge in [0.2, 0.25) is 5.95 Å². The lowest BCUT2D eigenvalue weighted by molar-refractivity contribution is 0.415. The second-order valence-electron chi connectivity index (χ2n) is 4.28. The smallest absolute Gasteiger partial charge is 0.201 e. The molecule has 3 aromatic rings. The largest absolute Gasteiger partial charge is 0.497 e. The summed E-state index contributed by atoms with van der Waals surface area (Å²) in [5, 5.41) is 3.22. The first-order chi connectivity index (χ1) is 9.26. The first-order valence-corrected chi connectivity index (χ1v) is 6.00. The van der Waals surface area contributed by atoms with Crippen LogP contribution in [0.5, 0.6) is 5.75 Å². The van der Waals surface area contributed by atoms with Gasteiger partial charge in [-0.2, -0.15) is 0 Å². The van der Waals surface area contributed by atoms with Crippen molar-refractivity contribution >= 4 is 17.0 Å². The summed E-state index contributed by atoms with van der Waals surface area (Å²) in [4.78, 5) is 11.9. The summed E-state index contributed by atoms with van der Waals surface area (Å²) < 4.78 is 7.16. The van der Waals surface area contributed by atoms with Crippen LogP contribution in [-0.2, 0) is 13.6 Å². The predicted molar refractivity (Wildman–Crippen MR) is 73.2 cm³/mol. The topological polar surface area (TPSA) is 67.8 Å². The van der Waals surface area contributed by atoms with Crippen molar-refractivity contribution in [2.45, 2.75) is 6.54 Å². The molecular formula is C13H15N5O. The Morgan fingerprint density at radius 2 is 2.32 bits per heavy atom. The molecule has 3 rings (SSSR count). The highest BCUT2D eigenvalue weighted by Gasteiger charge is 2.05. The number of benzene rings is 1. The zero-order valence-electron chi connectivity index (χ0n) is 10.8. The molecule has 19 heavy (non-hydrogen) atoms. The minimum absolute atomic E-state index is 0.625. The lowest BCUT2D eigenvalue weighted by Gasteiger charge is -2.02. The van der Waals surface area contributed by atoms with Gasteiger partial charge in [0.05, 0.1) is 24.7 Å². The lowest BCUT2D eigenvalue weighted by atomic mass is 10.3. The Balaban J connectivity index is 1.80. The highest BCUT2D eigenvalue weighted by atomic mass is 16.5. The van der Waals surface area contributed by atoms with E-state index < -0.39 is 0 Å². The third kappa shape index (κ3) is 2.24. The van der Waals surface area contributed by atoms with E-state index in [4.69, 9.17) is 4.74 Å². The van der Waals surface area contributed by atoms with Crippen molar-refractivity contribution < 1.29 is 4.74 Å². The first-order valence-electron chi connectivity index (χ1n) is 6.00. The summed E-state index contributed by atoms with van der Waals surface area (Å²) in [6, 6.07) is 5.75. The number of fused-ring (bicyclic) bond motifs is 1. The quantitative estimate of drug-likeness (QED) is 0.749. The van der Waals surface area contributed by atoms with Gasteiger partial charge in [-0.1, -0.05) is 0 Å². The lowest BCUT2D eigenvalue weighted by Crippen LogP contribution is -2.06. The van der Waals surface area contributed by atoms with Crippen molar-refractivity contribution in [2.24, 2.45) is 7.05 Å². The van der Waals surface area contributed by atoms with E-state index in [1.54, 1.807) is 13.3 Å². The maximum absolute atomic E-state index is 5.18. The monoisotopic (exact) mass is 257 g/mol. The van der Waals surface area contributed by atoms with Crippen LogP contribution >= 0.6 is 0 Å². The SMILES string of the molecule is COc1ccc2nc(NCc3nccn3C)[nH]c2c1. The van der Waals surface area contributed by atoms with Gasteiger partial charge in [-0.3, -0.25) is 0 Å². The standard InChI is InChI=1S/C13H15N5O/c1-18-6-5-14-12(18)8-15-13-16-10-4-3-9(19-2)7-11(10)17-13/h3-7H,8H2,1-2H3,(H2,15,16,17). The Kier molecular flexibility index (Phi) is 2.83. The minimum Gasteiger partial charge on any atom is -0.497 e. The maximum atomic E-state index is 5.18. The molecular weight excluding hydrogens is 242 g/mol. The number of nitrogens with zero attached hydrogens (tertiary/aromatic N) is 3. The number of methoxy groups -OCH3 is 1. The molecule has 2 aromatic heterocycles. The summed E-state index contributed by atoms with van der Waals surface area (Å²) in [5.41, 5.74) is 1.85. The molecule has 0 atom stereocenters. The Bertz CT molecular complexity index is 700. The summed E-state index contributed by atoms with van der Waals surface area (Å²) in [5.74, 6) is 2.50. The van der Waals surface area contributed by atoms with Crippen LogP contribution in [0.15, 0.2) is 30.6 Å². The Morgan fingerprint density at radius 1 is 1.42 bits per heavy atom. The molecule has 0 bridgehead atoms. The highest BCUT2D eigenvalue weighted by molar-refractivity contribution is 5.79. The molecule has 0 spiro atoms. The second kappa shape index (κ2) is 4.64. The van der Waals surface area contributed by atoms with Crippen LogP contribution in [0.2, 0.25) is 0 Å². The molecule has 2 heterocycles. The number of H-pyrrole nitrogens is 1. The van der Waals surface area contributed by atoms with E-state index in [1.807, 2.05) is 36.0 Å². The molecule has 0 fully saturated rings. The van der Waals surface area contributed by atoms with Gasteiger partial charge in [0.25, 0.3) is 0 Å². The van der Waals surface area contributed by atoms with Gasteiger partial charge in [-0.25, -0.2) is 9.97 Å². The molecule has 98 valence electrons. The van der Waals surface area contributed by atoms with Gasteiger partial charge in [0.1, 0.15) is 11.6 Å². The molecule has 0 aliphatic heterocycles. The number of ether oxygens (including phenoxy) is 1. The summed E-state index contributed by atoms with van der Waals surface area (Å²) in [6.45, 7) is 0.625. The van der Waals surface area contributed by atoms with Gasteiger partial charge in [0.15, 0.2) is 0 Å². The maximum Gasteiger partial charge on any atom is 0.201 e. The fourth-order valence-corrected chi connectivity index (χ4v) is 1.93. The zero-order valence-corrected chi connectivity index (χ0v) is 10.8. The molecule has 0 aliphatic carbocycles. The molecule has 1 aromatic carbocycles. The summed E-state index contributed by atoms with van der Waals surface area (Å²) >= 11 is 0. The third-order valence-electron chi connectivity index (χ3n) is 3.02. The normalized spacial score (nSPS) is 10.8. The van der Waals surface area contributed by atoms with E-state index in [0.717, 1.165) is 28.6 Å². The van der Waals surface area contributed by atoms with Crippen molar-refractivity contribution in [1.29, 1.82) is 0 Å². The van der Waals surface area contributed by atoms with Crippen molar-refractivity contribution in [3.63, 3.8) is 0 Å². The molecule has 0 saturated heterocycles. The Morgan fingerprint density at radius 3 is 3.05 bits per heavy atom. The molecule has 0 unspecified atom stereocenters. The van der Waals surface area contributed by atoms with Gasteiger partial charge in [-0.15, -0.1) is 0 Å². The van der Waals surface area contributed by atoms with Gasteiger partial charge >= 0.3 is 0 Å². The van der Waals surface area contributed by atoms with Crippen LogP contribution in [-0.4, -0.2) is 26.6 Å². The fraction of sp³-hybridized carbons (Fsp3) is 0.231. The number of rotatable bonds is 4. The van der Waals surface area contributed by atoms with Crippen LogP contribution in [0.3, 0.4) is 0 Å². The van der Waals surface area contributed by atoms with Crippen molar-refractivity contribution in [1.82, 2.24) is 19.5 Å². The minimum atomic E-state index is 0.625. The van der Waals surface area contributed by atoms with Crippen LogP contribution in [0.25, 0.3) is 11.0 Å². The number of hydrogen-bond acceptors (Lipinski definition) is 4. The Labute approximate surface area is 110 Å². The van der Waals surface area contributed by atoms with Crippen LogP contribution in [0, 0.1) is 0 Å². The van der Waals surface area contributed by atoms with Gasteiger partial charge < -0.3 is 19.6 Å². The molecule has 0 radical (unpaired) electrons. The molecule has 6 heteroatoms. The predicted octanol–water partition coefficient (Wildman–Crippen LogP) is 1.92. The highest BCUT2D eigenvalue weighted by Crippen LogP contribution is 2.20. The van der Waals surface area contributed by atoms with Crippen LogP contribution in [0.4, 0.5) is 5.95 Å². The van der Waals surface area contributed by atoms with E-state index in [0.29, 0.717) is 6.54 Å². The number of imidazole rings is 2. The number of nitrogens with one attached hydrogen (secondary N) is 2. The van der Waals surface area contributed by atoms with Crippen LogP contribution < -0.4 is 10.1 Å². The van der Waals surface area contributed by atoms with Gasteiger partial charge in [-0.05, 0) is 12.1 Å². The molecule has 6 nitrogen and oxygen atoms in total. The first kappa shape index (κ1) is 11.6. The molecule has 0 amide bonds. The van der Waals surface area contributed by atoms with Crippen molar-refractivity contribution in [3.8, 4) is 5.75 Å². The number of aromatic amines is 1. The van der Waals surface area contributed by atoms with E-state index in [2.05, 4.69) is 20.3 Å². The summed E-state index contributed by atoms with van der Waals surface area (Å²) in [6.07, 6.45) is 3.70. The number of aromatic nitrogens is 4. The summed E-state index contributed by atoms with van der Waals surface area (Å²) in [7, 11) is 3.62. The van der Waals surface area contributed by atoms with E-state index >= 15 is 0 Å². The average Bonchev–Trinajstić information content (AvgIpc) is 3.01. The van der Waals surface area contributed by atoms with E-state index in [-0.39, 0.29) is 0 Å². The van der Waals surface area contributed by atoms with E-state index in [9.17, 15) is 0 Å². The van der Waals surface area contributed by atoms with Crippen molar-refractivity contribution in [3.05, 3.63) is 36.4 Å². The molecule has 0 aliphatic rings. The van der Waals surface area contributed by atoms with Gasteiger partial charge in [0, 0.05) is 25.5 Å². The number of anilines is 1. The average molecular weight is 257 g/mol. The molecule has 2 N–H and O–H groups in total. The van der Waals surface area contributed by atoms with E-state index in [1.165, 1.54) is 0 Å². The molecule has 0 saturated carbocycles. The number of hydrogen-bond donors (Lipinski definition) is 2. The zero-order chi connectivity index (χ0) is 13.2. The van der Waals surface area contributed by atoms with Crippen molar-refractivity contribution in [2.75, 3.05) is 12.4 Å². The van der Waals surface area contributed by atoms with Crippen LogP contribution in [0.1, 0.15) is 5.82 Å². The fourth-order valence-electron chi connectivity index (χ4n) is 1.93.